The molecule has 3 rings (SSSR count). The first kappa shape index (κ1) is 20.7. The molecule has 0 spiro atoms. The second-order valence-corrected chi connectivity index (χ2v) is 10.5. The fourth-order valence-corrected chi connectivity index (χ4v) is 5.29. The lowest BCUT2D eigenvalue weighted by molar-refractivity contribution is 0.600. The maximum atomic E-state index is 12.0. The zero-order valence-electron chi connectivity index (χ0n) is 16.6. The minimum absolute atomic E-state index is 0.132. The van der Waals surface area contributed by atoms with Crippen molar-refractivity contribution in [1.29, 1.82) is 0 Å². The fraction of sp³-hybridized carbons (Fsp3) is 0.400. The van der Waals surface area contributed by atoms with Crippen molar-refractivity contribution in [3.63, 3.8) is 0 Å². The number of thiazole rings is 1. The molecule has 0 bridgehead atoms. The van der Waals surface area contributed by atoms with Crippen LogP contribution in [-0.2, 0) is 23.0 Å². The maximum Gasteiger partial charge on any atom is 0.249 e. The first-order valence-electron chi connectivity index (χ1n) is 9.28. The highest BCUT2D eigenvalue weighted by Gasteiger charge is 2.22. The van der Waals surface area contributed by atoms with Crippen LogP contribution in [0.1, 0.15) is 50.0 Å². The van der Waals surface area contributed by atoms with E-state index in [1.165, 1.54) is 11.3 Å². The summed E-state index contributed by atoms with van der Waals surface area (Å²) < 4.78 is 26.3. The van der Waals surface area contributed by atoms with E-state index >= 15 is 0 Å². The number of aromatic nitrogens is 3. The van der Waals surface area contributed by atoms with E-state index in [0.717, 1.165) is 28.4 Å². The molecule has 3 aromatic rings. The van der Waals surface area contributed by atoms with Gasteiger partial charge in [-0.2, -0.15) is 0 Å². The predicted molar refractivity (Wildman–Crippen MR) is 113 cm³/mol. The molecule has 0 aliphatic carbocycles. The third-order valence-electron chi connectivity index (χ3n) is 4.33. The van der Waals surface area contributed by atoms with Crippen molar-refractivity contribution in [1.82, 2.24) is 14.5 Å². The summed E-state index contributed by atoms with van der Waals surface area (Å²) in [6.45, 7) is 9.11. The van der Waals surface area contributed by atoms with Crippen molar-refractivity contribution in [3.8, 4) is 11.3 Å². The number of rotatable bonds is 7. The van der Waals surface area contributed by atoms with E-state index in [2.05, 4.69) is 42.2 Å². The molecule has 6 nitrogen and oxygen atoms in total. The number of hydrogen-bond acceptors (Lipinski definition) is 5. The highest BCUT2D eigenvalue weighted by Crippen LogP contribution is 2.32. The van der Waals surface area contributed by atoms with E-state index in [0.29, 0.717) is 24.1 Å². The van der Waals surface area contributed by atoms with Gasteiger partial charge >= 0.3 is 0 Å². The second-order valence-electron chi connectivity index (χ2n) is 7.65. The molecular formula is C20H26N4O2S2. The molecule has 0 aliphatic heterocycles. The molecule has 1 aromatic carbocycles. The lowest BCUT2D eigenvalue weighted by Crippen LogP contribution is -2.11. The average Bonchev–Trinajstić information content (AvgIpc) is 3.22. The van der Waals surface area contributed by atoms with Gasteiger partial charge in [0.1, 0.15) is 11.5 Å². The van der Waals surface area contributed by atoms with Gasteiger partial charge in [0, 0.05) is 36.8 Å². The van der Waals surface area contributed by atoms with Crippen LogP contribution in [0.4, 0.5) is 0 Å². The molecule has 0 saturated heterocycles. The second kappa shape index (κ2) is 8.14. The van der Waals surface area contributed by atoms with Gasteiger partial charge in [-0.1, -0.05) is 52.0 Å². The van der Waals surface area contributed by atoms with Crippen LogP contribution in [0.15, 0.2) is 40.9 Å². The number of primary sulfonamides is 1. The third kappa shape index (κ3) is 4.68. The first-order valence-corrected chi connectivity index (χ1v) is 11.6. The van der Waals surface area contributed by atoms with E-state index in [9.17, 15) is 8.42 Å². The molecule has 0 unspecified atom stereocenters. The van der Waals surface area contributed by atoms with Crippen molar-refractivity contribution >= 4 is 21.4 Å². The summed E-state index contributed by atoms with van der Waals surface area (Å²) in [4.78, 5) is 8.99. The largest absolute Gasteiger partial charge is 0.330 e. The average molecular weight is 419 g/mol. The van der Waals surface area contributed by atoms with Crippen LogP contribution in [0.2, 0.25) is 0 Å². The molecule has 0 atom stereocenters. The molecule has 0 aliphatic rings. The van der Waals surface area contributed by atoms with Crippen molar-refractivity contribution in [2.75, 3.05) is 0 Å². The number of nitrogens with zero attached hydrogens (tertiary/aromatic N) is 3. The Morgan fingerprint density at radius 2 is 1.82 bits per heavy atom. The number of hydrogen-bond donors (Lipinski definition) is 1. The molecule has 150 valence electrons. The summed E-state index contributed by atoms with van der Waals surface area (Å²) in [5, 5.41) is 6.23. The molecule has 0 fully saturated rings. The van der Waals surface area contributed by atoms with Crippen molar-refractivity contribution in [2.24, 2.45) is 11.1 Å². The summed E-state index contributed by atoms with van der Waals surface area (Å²) in [5.41, 5.74) is 2.31. The van der Waals surface area contributed by atoms with Crippen LogP contribution in [-0.4, -0.2) is 23.0 Å². The van der Waals surface area contributed by atoms with Crippen LogP contribution < -0.4 is 5.14 Å². The van der Waals surface area contributed by atoms with Crippen LogP contribution in [0.3, 0.4) is 0 Å². The number of imidazole rings is 1. The molecule has 0 saturated carbocycles. The number of sulfonamides is 1. The van der Waals surface area contributed by atoms with Crippen molar-refractivity contribution in [2.45, 2.75) is 50.8 Å². The summed E-state index contributed by atoms with van der Waals surface area (Å²) >= 11 is 1.17. The Hall–Kier alpha value is -2.03. The van der Waals surface area contributed by atoms with Crippen LogP contribution >= 0.6 is 11.3 Å². The van der Waals surface area contributed by atoms with E-state index < -0.39 is 10.0 Å². The fourth-order valence-electron chi connectivity index (χ4n) is 3.08. The van der Waals surface area contributed by atoms with Gasteiger partial charge < -0.3 is 4.57 Å². The summed E-state index contributed by atoms with van der Waals surface area (Å²) in [6.07, 6.45) is 4.51. The number of nitrogens with two attached hydrogens (primary N) is 1. The van der Waals surface area contributed by atoms with Crippen LogP contribution in [0, 0.1) is 5.92 Å². The Morgan fingerprint density at radius 3 is 2.39 bits per heavy atom. The van der Waals surface area contributed by atoms with Gasteiger partial charge in [-0.3, -0.25) is 0 Å². The predicted octanol–water partition coefficient (Wildman–Crippen LogP) is 4.02. The highest BCUT2D eigenvalue weighted by molar-refractivity contribution is 7.91. The lowest BCUT2D eigenvalue weighted by Gasteiger charge is -2.11. The van der Waals surface area contributed by atoms with Crippen molar-refractivity contribution in [3.05, 3.63) is 53.1 Å². The summed E-state index contributed by atoms with van der Waals surface area (Å²) in [5.74, 6) is 1.78. The van der Waals surface area contributed by atoms with Gasteiger partial charge in [0.15, 0.2) is 4.21 Å². The molecule has 8 heteroatoms. The minimum atomic E-state index is -3.82. The smallest absolute Gasteiger partial charge is 0.249 e. The molecule has 2 heterocycles. The Morgan fingerprint density at radius 1 is 1.14 bits per heavy atom. The molecule has 2 aromatic heterocycles. The standard InChI is InChI=1S/C20H26N4O2S2/c1-13(2)11-17-23-18(20(27-17)28(21,25)26)16-7-5-15(6-8-16)12-24-10-9-22-19(24)14(3)4/h5-10,13-14H,11-12H2,1-4H3,(H2,21,25,26). The Labute approximate surface area is 170 Å². The van der Waals surface area contributed by atoms with E-state index in [1.807, 2.05) is 36.7 Å². The van der Waals surface area contributed by atoms with Gasteiger partial charge in [0.05, 0.1) is 5.01 Å². The monoisotopic (exact) mass is 418 g/mol. The molecular weight excluding hydrogens is 392 g/mol. The molecule has 2 N–H and O–H groups in total. The zero-order chi connectivity index (χ0) is 20.5. The van der Waals surface area contributed by atoms with Crippen LogP contribution in [0.25, 0.3) is 11.3 Å². The van der Waals surface area contributed by atoms with Crippen LogP contribution in [0.5, 0.6) is 0 Å². The van der Waals surface area contributed by atoms with E-state index in [-0.39, 0.29) is 4.21 Å². The Balaban J connectivity index is 1.91. The minimum Gasteiger partial charge on any atom is -0.330 e. The topological polar surface area (TPSA) is 90.9 Å². The molecule has 0 radical (unpaired) electrons. The van der Waals surface area contributed by atoms with Gasteiger partial charge in [-0.05, 0) is 11.5 Å². The van der Waals surface area contributed by atoms with Gasteiger partial charge in [-0.25, -0.2) is 23.5 Å². The summed E-state index contributed by atoms with van der Waals surface area (Å²) in [7, 11) is -3.82. The first-order chi connectivity index (χ1) is 13.1. The Kier molecular flexibility index (Phi) is 6.02. The third-order valence-corrected chi connectivity index (χ3v) is 6.86. The van der Waals surface area contributed by atoms with Gasteiger partial charge in [0.2, 0.25) is 10.0 Å². The zero-order valence-corrected chi connectivity index (χ0v) is 18.2. The molecule has 28 heavy (non-hydrogen) atoms. The highest BCUT2D eigenvalue weighted by atomic mass is 32.2. The van der Waals surface area contributed by atoms with Gasteiger partial charge in [-0.15, -0.1) is 11.3 Å². The van der Waals surface area contributed by atoms with Crippen molar-refractivity contribution < 1.29 is 8.42 Å². The molecule has 0 amide bonds. The number of benzene rings is 1. The normalized spacial score (nSPS) is 12.2. The SMILES string of the molecule is CC(C)Cc1nc(-c2ccc(Cn3ccnc3C(C)C)cc2)c(S(N)(=O)=O)s1. The summed E-state index contributed by atoms with van der Waals surface area (Å²) in [6, 6.07) is 7.80. The lowest BCUT2D eigenvalue weighted by atomic mass is 10.1. The van der Waals surface area contributed by atoms with Gasteiger partial charge in [0.25, 0.3) is 0 Å². The Bertz CT molecular complexity index is 1050. The van der Waals surface area contributed by atoms with E-state index in [4.69, 9.17) is 5.14 Å². The maximum absolute atomic E-state index is 12.0. The quantitative estimate of drug-likeness (QED) is 0.627. The van der Waals surface area contributed by atoms with E-state index in [1.54, 1.807) is 0 Å².